The first kappa shape index (κ1) is 15.7. The predicted octanol–water partition coefficient (Wildman–Crippen LogP) is 3.64. The maximum atomic E-state index is 9.54. The smallest absolute Gasteiger partial charge is 0.0608 e. The van der Waals surface area contributed by atoms with Gasteiger partial charge in [-0.05, 0) is 38.3 Å². The number of benzene rings is 2. The van der Waals surface area contributed by atoms with Crippen LogP contribution in [-0.2, 0) is 6.42 Å². The van der Waals surface area contributed by atoms with Crippen LogP contribution in [-0.4, -0.2) is 17.3 Å². The van der Waals surface area contributed by atoms with Crippen LogP contribution in [0.2, 0.25) is 0 Å². The minimum absolute atomic E-state index is 0.115. The normalized spacial score (nSPS) is 13.1. The van der Waals surface area contributed by atoms with Crippen molar-refractivity contribution in [3.8, 4) is 0 Å². The van der Waals surface area contributed by atoms with E-state index in [2.05, 4.69) is 60.8 Å². The van der Waals surface area contributed by atoms with Gasteiger partial charge in [-0.3, -0.25) is 0 Å². The van der Waals surface area contributed by atoms with Crippen LogP contribution < -0.4 is 5.32 Å². The molecule has 0 aromatic heterocycles. The van der Waals surface area contributed by atoms with Gasteiger partial charge in [0.15, 0.2) is 0 Å². The summed E-state index contributed by atoms with van der Waals surface area (Å²) in [5, 5.41) is 13.1. The number of nitrogens with one attached hydrogen (secondary N) is 1. The Bertz CT molecular complexity index is 546. The molecule has 2 N–H and O–H groups in total. The summed E-state index contributed by atoms with van der Waals surface area (Å²) in [5.41, 5.74) is 3.51. The van der Waals surface area contributed by atoms with Gasteiger partial charge < -0.3 is 10.4 Å². The highest BCUT2D eigenvalue weighted by Crippen LogP contribution is 2.22. The van der Waals surface area contributed by atoms with Gasteiger partial charge in [0.2, 0.25) is 0 Å². The molecule has 0 aliphatic carbocycles. The van der Waals surface area contributed by atoms with Gasteiger partial charge in [0.05, 0.1) is 6.61 Å². The Hall–Kier alpha value is -1.64. The third-order valence-corrected chi connectivity index (χ3v) is 3.72. The Morgan fingerprint density at radius 1 is 1.00 bits per heavy atom. The fraction of sp³-hybridized carbons (Fsp3) is 0.368. The summed E-state index contributed by atoms with van der Waals surface area (Å²) in [7, 11) is 0. The van der Waals surface area contributed by atoms with Crippen molar-refractivity contribution in [2.75, 3.05) is 6.61 Å². The molecular formula is C19H25NO. The highest BCUT2D eigenvalue weighted by molar-refractivity contribution is 5.27. The van der Waals surface area contributed by atoms with Crippen molar-refractivity contribution in [3.63, 3.8) is 0 Å². The quantitative estimate of drug-likeness (QED) is 0.848. The van der Waals surface area contributed by atoms with Crippen molar-refractivity contribution in [3.05, 3.63) is 71.3 Å². The number of aliphatic hydroxyl groups is 1. The van der Waals surface area contributed by atoms with Gasteiger partial charge in [0.1, 0.15) is 0 Å². The van der Waals surface area contributed by atoms with Crippen LogP contribution in [0.1, 0.15) is 36.6 Å². The first-order valence-electron chi connectivity index (χ1n) is 7.49. The van der Waals surface area contributed by atoms with Gasteiger partial charge in [-0.25, -0.2) is 0 Å². The van der Waals surface area contributed by atoms with E-state index in [0.29, 0.717) is 0 Å². The van der Waals surface area contributed by atoms with Crippen molar-refractivity contribution in [1.82, 2.24) is 5.32 Å². The fourth-order valence-electron chi connectivity index (χ4n) is 2.42. The molecule has 0 radical (unpaired) electrons. The van der Waals surface area contributed by atoms with Gasteiger partial charge in [-0.2, -0.15) is 0 Å². The van der Waals surface area contributed by atoms with Crippen LogP contribution in [0.15, 0.2) is 54.6 Å². The minimum Gasteiger partial charge on any atom is -0.394 e. The molecule has 0 unspecified atom stereocenters. The Kier molecular flexibility index (Phi) is 5.16. The lowest BCUT2D eigenvalue weighted by molar-refractivity contribution is 0.174. The summed E-state index contributed by atoms with van der Waals surface area (Å²) in [6, 6.07) is 19.3. The van der Waals surface area contributed by atoms with Gasteiger partial charge in [0.25, 0.3) is 0 Å². The molecule has 0 saturated carbocycles. The monoisotopic (exact) mass is 283 g/mol. The van der Waals surface area contributed by atoms with Crippen LogP contribution in [0.3, 0.4) is 0 Å². The summed E-state index contributed by atoms with van der Waals surface area (Å²) in [4.78, 5) is 0. The van der Waals surface area contributed by atoms with Crippen molar-refractivity contribution in [2.45, 2.75) is 38.8 Å². The SMILES string of the molecule is Cc1ccc([C@@H](Cc2ccccc2)NC(C)(C)CO)cc1. The third-order valence-electron chi connectivity index (χ3n) is 3.72. The van der Waals surface area contributed by atoms with E-state index in [1.807, 2.05) is 19.9 Å². The summed E-state index contributed by atoms with van der Waals surface area (Å²) >= 11 is 0. The molecule has 21 heavy (non-hydrogen) atoms. The largest absolute Gasteiger partial charge is 0.394 e. The van der Waals surface area contributed by atoms with Gasteiger partial charge in [-0.1, -0.05) is 60.2 Å². The Balaban J connectivity index is 2.23. The molecule has 0 aliphatic heterocycles. The molecule has 0 aliphatic rings. The lowest BCUT2D eigenvalue weighted by Gasteiger charge is -2.31. The molecule has 0 spiro atoms. The average Bonchev–Trinajstić information content (AvgIpc) is 2.48. The molecule has 2 aromatic rings. The van der Waals surface area contributed by atoms with Gasteiger partial charge in [-0.15, -0.1) is 0 Å². The predicted molar refractivity (Wildman–Crippen MR) is 88.4 cm³/mol. The summed E-state index contributed by atoms with van der Waals surface area (Å²) in [6.45, 7) is 6.27. The molecule has 0 fully saturated rings. The van der Waals surface area contributed by atoms with Crippen LogP contribution in [0, 0.1) is 6.92 Å². The standard InChI is InChI=1S/C19H25NO/c1-15-9-11-17(12-10-15)18(20-19(2,3)14-21)13-16-7-5-4-6-8-16/h4-12,18,20-21H,13-14H2,1-3H3/t18-/m1/s1. The molecule has 0 amide bonds. The summed E-state index contributed by atoms with van der Waals surface area (Å²) < 4.78 is 0. The lowest BCUT2D eigenvalue weighted by Crippen LogP contribution is -2.45. The van der Waals surface area contributed by atoms with Crippen LogP contribution in [0.5, 0.6) is 0 Å². The molecule has 0 heterocycles. The topological polar surface area (TPSA) is 32.3 Å². The zero-order chi connectivity index (χ0) is 15.3. The second-order valence-electron chi connectivity index (χ2n) is 6.34. The van der Waals surface area contributed by atoms with E-state index in [-0.39, 0.29) is 18.2 Å². The highest BCUT2D eigenvalue weighted by Gasteiger charge is 2.22. The molecule has 2 aromatic carbocycles. The Labute approximate surface area is 127 Å². The minimum atomic E-state index is -0.301. The van der Waals surface area contributed by atoms with E-state index in [0.717, 1.165) is 6.42 Å². The molecule has 1 atom stereocenters. The van der Waals surface area contributed by atoms with E-state index in [1.54, 1.807) is 0 Å². The number of hydrogen-bond donors (Lipinski definition) is 2. The van der Waals surface area contributed by atoms with Gasteiger partial charge >= 0.3 is 0 Å². The van der Waals surface area contributed by atoms with Crippen LogP contribution in [0.25, 0.3) is 0 Å². The molecule has 2 heteroatoms. The number of aryl methyl sites for hydroxylation is 1. The molecule has 0 saturated heterocycles. The second kappa shape index (κ2) is 6.88. The third kappa shape index (κ3) is 4.69. The van der Waals surface area contributed by atoms with E-state index in [4.69, 9.17) is 0 Å². The summed E-state index contributed by atoms with van der Waals surface area (Å²) in [5.74, 6) is 0. The number of hydrogen-bond acceptors (Lipinski definition) is 2. The van der Waals surface area contributed by atoms with Crippen molar-refractivity contribution in [1.29, 1.82) is 0 Å². The van der Waals surface area contributed by atoms with Gasteiger partial charge in [0, 0.05) is 11.6 Å². The van der Waals surface area contributed by atoms with Crippen molar-refractivity contribution >= 4 is 0 Å². The Morgan fingerprint density at radius 2 is 1.62 bits per heavy atom. The molecule has 0 bridgehead atoms. The summed E-state index contributed by atoms with van der Waals surface area (Å²) in [6.07, 6.45) is 0.910. The van der Waals surface area contributed by atoms with Crippen molar-refractivity contribution in [2.24, 2.45) is 0 Å². The lowest BCUT2D eigenvalue weighted by atomic mass is 9.95. The highest BCUT2D eigenvalue weighted by atomic mass is 16.3. The second-order valence-corrected chi connectivity index (χ2v) is 6.34. The van der Waals surface area contributed by atoms with Crippen LogP contribution >= 0.6 is 0 Å². The molecule has 2 nitrogen and oxygen atoms in total. The maximum absolute atomic E-state index is 9.54. The molecule has 112 valence electrons. The zero-order valence-electron chi connectivity index (χ0n) is 13.1. The van der Waals surface area contributed by atoms with Crippen LogP contribution in [0.4, 0.5) is 0 Å². The zero-order valence-corrected chi connectivity index (χ0v) is 13.1. The molecular weight excluding hydrogens is 258 g/mol. The maximum Gasteiger partial charge on any atom is 0.0608 e. The first-order valence-corrected chi connectivity index (χ1v) is 7.49. The van der Waals surface area contributed by atoms with E-state index < -0.39 is 0 Å². The Morgan fingerprint density at radius 3 is 2.19 bits per heavy atom. The van der Waals surface area contributed by atoms with Crippen molar-refractivity contribution < 1.29 is 5.11 Å². The first-order chi connectivity index (χ1) is 10.00. The fourth-order valence-corrected chi connectivity index (χ4v) is 2.42. The van der Waals surface area contributed by atoms with E-state index >= 15 is 0 Å². The number of rotatable bonds is 6. The van der Waals surface area contributed by atoms with E-state index in [9.17, 15) is 5.11 Å². The molecule has 2 rings (SSSR count). The average molecular weight is 283 g/mol. The van der Waals surface area contributed by atoms with E-state index in [1.165, 1.54) is 16.7 Å². The number of aliphatic hydroxyl groups excluding tert-OH is 1.